The van der Waals surface area contributed by atoms with E-state index in [1.54, 1.807) is 12.1 Å². The zero-order chi connectivity index (χ0) is 17.2. The van der Waals surface area contributed by atoms with Crippen LogP contribution < -0.4 is 10.6 Å². The van der Waals surface area contributed by atoms with Crippen LogP contribution in [0.1, 0.15) is 42.6 Å². The molecule has 3 N–H and O–H groups in total. The number of carboxylic acids is 1. The van der Waals surface area contributed by atoms with Gasteiger partial charge in [0, 0.05) is 19.1 Å². The Bertz CT molecular complexity index is 502. The highest BCUT2D eigenvalue weighted by atomic mass is 16.4. The quantitative estimate of drug-likeness (QED) is 0.652. The van der Waals surface area contributed by atoms with Gasteiger partial charge in [0.05, 0.1) is 5.56 Å². The van der Waals surface area contributed by atoms with Crippen LogP contribution in [0.25, 0.3) is 0 Å². The molecule has 23 heavy (non-hydrogen) atoms. The molecule has 1 aromatic rings. The number of hydrogen-bond donors (Lipinski definition) is 3. The number of carbonyl (C=O) groups is 2. The van der Waals surface area contributed by atoms with Gasteiger partial charge >= 0.3 is 12.0 Å². The first kappa shape index (κ1) is 19.0. The van der Waals surface area contributed by atoms with E-state index in [1.807, 2.05) is 6.92 Å². The molecule has 0 fully saturated rings. The molecule has 6 heteroatoms. The number of aromatic carboxylic acids is 1. The Balaban J connectivity index is 2.31. The molecule has 6 nitrogen and oxygen atoms in total. The number of nitrogens with zero attached hydrogens (tertiary/aromatic N) is 1. The van der Waals surface area contributed by atoms with E-state index >= 15 is 0 Å². The van der Waals surface area contributed by atoms with Crippen LogP contribution in [0.5, 0.6) is 0 Å². The van der Waals surface area contributed by atoms with Crippen molar-refractivity contribution < 1.29 is 14.7 Å². The van der Waals surface area contributed by atoms with Crippen molar-refractivity contribution in [2.75, 3.05) is 20.1 Å². The number of hydrogen-bond acceptors (Lipinski definition) is 3. The maximum Gasteiger partial charge on any atom is 0.335 e. The molecular formula is C17H27N3O3. The second-order valence-electron chi connectivity index (χ2n) is 5.85. The maximum atomic E-state index is 11.9. The SMILES string of the molecule is CCCCN(C)C[C@@H](C)NC(=O)NCc1ccc(C(=O)O)cc1. The first-order valence-electron chi connectivity index (χ1n) is 7.97. The third-order valence-electron chi connectivity index (χ3n) is 3.51. The molecule has 128 valence electrons. The van der Waals surface area contributed by atoms with Crippen molar-refractivity contribution in [2.45, 2.75) is 39.3 Å². The predicted molar refractivity (Wildman–Crippen MR) is 90.6 cm³/mol. The lowest BCUT2D eigenvalue weighted by Gasteiger charge is -2.22. The van der Waals surface area contributed by atoms with Crippen molar-refractivity contribution in [3.63, 3.8) is 0 Å². The zero-order valence-corrected chi connectivity index (χ0v) is 14.1. The molecule has 0 spiro atoms. The molecule has 0 saturated heterocycles. The molecule has 0 unspecified atom stereocenters. The Hall–Kier alpha value is -2.08. The van der Waals surface area contributed by atoms with Gasteiger partial charge in [-0.05, 0) is 44.6 Å². The Labute approximate surface area is 137 Å². The summed E-state index contributed by atoms with van der Waals surface area (Å²) in [5.41, 5.74) is 1.10. The number of nitrogens with one attached hydrogen (secondary N) is 2. The van der Waals surface area contributed by atoms with Gasteiger partial charge in [-0.1, -0.05) is 25.5 Å². The van der Waals surface area contributed by atoms with Gasteiger partial charge in [0.25, 0.3) is 0 Å². The van der Waals surface area contributed by atoms with Crippen LogP contribution in [0, 0.1) is 0 Å². The third-order valence-corrected chi connectivity index (χ3v) is 3.51. The number of likely N-dealkylation sites (N-methyl/N-ethyl adjacent to an activating group) is 1. The Morgan fingerprint density at radius 3 is 2.48 bits per heavy atom. The van der Waals surface area contributed by atoms with Crippen LogP contribution in [-0.4, -0.2) is 48.2 Å². The molecule has 0 heterocycles. The topological polar surface area (TPSA) is 81.7 Å². The summed E-state index contributed by atoms with van der Waals surface area (Å²) in [4.78, 5) is 24.8. The van der Waals surface area contributed by atoms with E-state index in [2.05, 4.69) is 29.5 Å². The highest BCUT2D eigenvalue weighted by molar-refractivity contribution is 5.87. The number of benzene rings is 1. The molecule has 0 radical (unpaired) electrons. The van der Waals surface area contributed by atoms with E-state index in [4.69, 9.17) is 5.11 Å². The van der Waals surface area contributed by atoms with Crippen LogP contribution in [-0.2, 0) is 6.54 Å². The van der Waals surface area contributed by atoms with Crippen LogP contribution in [0.3, 0.4) is 0 Å². The van der Waals surface area contributed by atoms with E-state index in [1.165, 1.54) is 12.1 Å². The van der Waals surface area contributed by atoms with Crippen molar-refractivity contribution in [2.24, 2.45) is 0 Å². The van der Waals surface area contributed by atoms with Gasteiger partial charge in [-0.15, -0.1) is 0 Å². The van der Waals surface area contributed by atoms with E-state index in [0.29, 0.717) is 6.54 Å². The normalized spacial score (nSPS) is 12.0. The van der Waals surface area contributed by atoms with Crippen LogP contribution in [0.2, 0.25) is 0 Å². The van der Waals surface area contributed by atoms with Gasteiger partial charge in [0.2, 0.25) is 0 Å². The van der Waals surface area contributed by atoms with E-state index < -0.39 is 5.97 Å². The minimum Gasteiger partial charge on any atom is -0.478 e. The van der Waals surface area contributed by atoms with Gasteiger partial charge in [-0.3, -0.25) is 0 Å². The van der Waals surface area contributed by atoms with Gasteiger partial charge in [-0.25, -0.2) is 9.59 Å². The van der Waals surface area contributed by atoms with Crippen molar-refractivity contribution in [3.8, 4) is 0 Å². The molecule has 0 saturated carbocycles. The molecule has 0 aliphatic heterocycles. The van der Waals surface area contributed by atoms with Crippen molar-refractivity contribution in [3.05, 3.63) is 35.4 Å². The Morgan fingerprint density at radius 1 is 1.26 bits per heavy atom. The summed E-state index contributed by atoms with van der Waals surface area (Å²) in [6, 6.07) is 6.30. The zero-order valence-electron chi connectivity index (χ0n) is 14.1. The lowest BCUT2D eigenvalue weighted by molar-refractivity contribution is 0.0697. The van der Waals surface area contributed by atoms with Crippen molar-refractivity contribution in [1.82, 2.24) is 15.5 Å². The molecule has 0 bridgehead atoms. The minimum atomic E-state index is -0.955. The Morgan fingerprint density at radius 2 is 1.91 bits per heavy atom. The number of unbranched alkanes of at least 4 members (excludes halogenated alkanes) is 1. The summed E-state index contributed by atoms with van der Waals surface area (Å²) in [6.07, 6.45) is 2.31. The molecular weight excluding hydrogens is 294 g/mol. The molecule has 0 aliphatic carbocycles. The second-order valence-corrected chi connectivity index (χ2v) is 5.85. The molecule has 0 aromatic heterocycles. The van der Waals surface area contributed by atoms with Crippen LogP contribution in [0.15, 0.2) is 24.3 Å². The van der Waals surface area contributed by atoms with Gasteiger partial charge < -0.3 is 20.6 Å². The number of carbonyl (C=O) groups excluding carboxylic acids is 1. The van der Waals surface area contributed by atoms with Crippen LogP contribution in [0.4, 0.5) is 4.79 Å². The fourth-order valence-corrected chi connectivity index (χ4v) is 2.25. The smallest absolute Gasteiger partial charge is 0.335 e. The number of amides is 2. The number of carboxylic acid groups (broad SMARTS) is 1. The van der Waals surface area contributed by atoms with Crippen LogP contribution >= 0.6 is 0 Å². The monoisotopic (exact) mass is 321 g/mol. The van der Waals surface area contributed by atoms with Crippen molar-refractivity contribution in [1.29, 1.82) is 0 Å². The predicted octanol–water partition coefficient (Wildman–Crippen LogP) is 2.30. The second kappa shape index (κ2) is 9.84. The molecule has 2 amide bonds. The molecule has 0 aliphatic rings. The minimum absolute atomic E-state index is 0.0613. The highest BCUT2D eigenvalue weighted by Crippen LogP contribution is 2.04. The third kappa shape index (κ3) is 7.65. The summed E-state index contributed by atoms with van der Waals surface area (Å²) < 4.78 is 0. The highest BCUT2D eigenvalue weighted by Gasteiger charge is 2.09. The summed E-state index contributed by atoms with van der Waals surface area (Å²) in [7, 11) is 2.05. The number of rotatable bonds is 9. The molecule has 1 aromatic carbocycles. The Kier molecular flexibility index (Phi) is 8.11. The summed E-state index contributed by atoms with van der Waals surface area (Å²) in [5.74, 6) is -0.955. The van der Waals surface area contributed by atoms with Gasteiger partial charge in [0.15, 0.2) is 0 Å². The maximum absolute atomic E-state index is 11.9. The fourth-order valence-electron chi connectivity index (χ4n) is 2.25. The van der Waals surface area contributed by atoms with Gasteiger partial charge in [0.1, 0.15) is 0 Å². The largest absolute Gasteiger partial charge is 0.478 e. The van der Waals surface area contributed by atoms with Crippen molar-refractivity contribution >= 4 is 12.0 Å². The number of urea groups is 1. The summed E-state index contributed by atoms with van der Waals surface area (Å²) in [6.45, 7) is 6.33. The van der Waals surface area contributed by atoms with E-state index in [0.717, 1.165) is 31.5 Å². The van der Waals surface area contributed by atoms with Gasteiger partial charge in [-0.2, -0.15) is 0 Å². The lowest BCUT2D eigenvalue weighted by Crippen LogP contribution is -2.45. The molecule has 1 rings (SSSR count). The van der Waals surface area contributed by atoms with E-state index in [-0.39, 0.29) is 17.6 Å². The first-order chi connectivity index (χ1) is 10.9. The summed E-state index contributed by atoms with van der Waals surface area (Å²) in [5, 5.41) is 14.5. The van der Waals surface area contributed by atoms with E-state index in [9.17, 15) is 9.59 Å². The summed E-state index contributed by atoms with van der Waals surface area (Å²) >= 11 is 0. The fraction of sp³-hybridized carbons (Fsp3) is 0.529. The average molecular weight is 321 g/mol. The average Bonchev–Trinajstić information content (AvgIpc) is 2.51. The lowest BCUT2D eigenvalue weighted by atomic mass is 10.1. The standard InChI is InChI=1S/C17H27N3O3/c1-4-5-10-20(3)12-13(2)19-17(23)18-11-14-6-8-15(9-7-14)16(21)22/h6-9,13H,4-5,10-12H2,1-3H3,(H,21,22)(H2,18,19,23)/t13-/m1/s1. The molecule has 1 atom stereocenters. The first-order valence-corrected chi connectivity index (χ1v) is 7.97.